The van der Waals surface area contributed by atoms with E-state index in [1.165, 1.54) is 25.7 Å². The first-order chi connectivity index (χ1) is 13.7. The van der Waals surface area contributed by atoms with Crippen molar-refractivity contribution >= 4 is 5.91 Å². The fraction of sp³-hybridized carbons (Fsp3) is 0.609. The van der Waals surface area contributed by atoms with Gasteiger partial charge >= 0.3 is 0 Å². The minimum atomic E-state index is -0.426. The predicted molar refractivity (Wildman–Crippen MR) is 108 cm³/mol. The normalized spacial score (nSPS) is 25.2. The first kappa shape index (κ1) is 20.9. The lowest BCUT2D eigenvalue weighted by atomic mass is 9.76. The van der Waals surface area contributed by atoms with E-state index in [0.717, 1.165) is 18.4 Å². The molecular formula is C23H33NO4. The zero-order chi connectivity index (χ0) is 19.8. The molecule has 28 heavy (non-hydrogen) atoms. The molecular weight excluding hydrogens is 354 g/mol. The van der Waals surface area contributed by atoms with Gasteiger partial charge in [0.25, 0.3) is 5.91 Å². The number of hydrogen-bond donors (Lipinski definition) is 2. The van der Waals surface area contributed by atoms with Crippen LogP contribution in [0.15, 0.2) is 42.2 Å². The summed E-state index contributed by atoms with van der Waals surface area (Å²) in [5, 5.41) is 12.3. The highest BCUT2D eigenvalue weighted by Gasteiger charge is 2.41. The smallest absolute Gasteiger partial charge is 0.286 e. The number of benzene rings is 1. The zero-order valence-electron chi connectivity index (χ0n) is 16.8. The van der Waals surface area contributed by atoms with Crippen LogP contribution in [-0.2, 0) is 20.8 Å². The van der Waals surface area contributed by atoms with Gasteiger partial charge in [-0.1, -0.05) is 43.2 Å². The summed E-state index contributed by atoms with van der Waals surface area (Å²) in [6, 6.07) is 9.87. The monoisotopic (exact) mass is 387 g/mol. The number of nitrogens with one attached hydrogen (secondary N) is 1. The molecule has 0 aromatic heterocycles. The molecule has 1 aliphatic carbocycles. The van der Waals surface area contributed by atoms with Crippen molar-refractivity contribution in [2.45, 2.75) is 58.3 Å². The highest BCUT2D eigenvalue weighted by Crippen LogP contribution is 2.43. The topological polar surface area (TPSA) is 67.8 Å². The van der Waals surface area contributed by atoms with Crippen molar-refractivity contribution in [2.24, 2.45) is 17.8 Å². The van der Waals surface area contributed by atoms with Gasteiger partial charge < -0.3 is 19.9 Å². The molecule has 5 nitrogen and oxygen atoms in total. The summed E-state index contributed by atoms with van der Waals surface area (Å²) in [6.07, 6.45) is 8.05. The lowest BCUT2D eigenvalue weighted by Gasteiger charge is -2.39. The highest BCUT2D eigenvalue weighted by molar-refractivity contribution is 5.91. The molecule has 0 saturated heterocycles. The summed E-state index contributed by atoms with van der Waals surface area (Å²) in [6.45, 7) is 3.13. The second-order valence-corrected chi connectivity index (χ2v) is 7.79. The van der Waals surface area contributed by atoms with Crippen LogP contribution in [0.5, 0.6) is 0 Å². The maximum absolute atomic E-state index is 12.8. The minimum absolute atomic E-state index is 0.168. The van der Waals surface area contributed by atoms with E-state index in [-0.39, 0.29) is 24.3 Å². The van der Waals surface area contributed by atoms with E-state index in [9.17, 15) is 9.90 Å². The lowest BCUT2D eigenvalue weighted by Crippen LogP contribution is -2.41. The van der Waals surface area contributed by atoms with Crippen LogP contribution in [0.1, 0.15) is 51.0 Å². The number of aliphatic hydroxyl groups excluding tert-OH is 1. The second kappa shape index (κ2) is 10.6. The van der Waals surface area contributed by atoms with E-state index in [0.29, 0.717) is 24.8 Å². The molecule has 1 saturated carbocycles. The van der Waals surface area contributed by atoms with Gasteiger partial charge in [-0.2, -0.15) is 0 Å². The molecule has 1 heterocycles. The third-order valence-corrected chi connectivity index (χ3v) is 5.92. The van der Waals surface area contributed by atoms with Crippen LogP contribution >= 0.6 is 0 Å². The summed E-state index contributed by atoms with van der Waals surface area (Å²) >= 11 is 0. The molecule has 5 heteroatoms. The Kier molecular flexibility index (Phi) is 7.92. The third kappa shape index (κ3) is 5.36. The number of aliphatic hydroxyl groups is 1. The predicted octanol–water partition coefficient (Wildman–Crippen LogP) is 3.77. The van der Waals surface area contributed by atoms with Crippen molar-refractivity contribution in [3.63, 3.8) is 0 Å². The van der Waals surface area contributed by atoms with Gasteiger partial charge in [0.05, 0.1) is 0 Å². The maximum atomic E-state index is 12.8. The molecule has 1 aromatic carbocycles. The molecule has 2 N–H and O–H groups in total. The minimum Gasteiger partial charge on any atom is -0.459 e. The summed E-state index contributed by atoms with van der Waals surface area (Å²) < 4.78 is 11.9. The molecule has 1 aromatic rings. The van der Waals surface area contributed by atoms with Crippen molar-refractivity contribution in [3.8, 4) is 0 Å². The number of amides is 1. The van der Waals surface area contributed by atoms with E-state index in [2.05, 4.69) is 5.32 Å². The maximum Gasteiger partial charge on any atom is 0.286 e. The van der Waals surface area contributed by atoms with Crippen LogP contribution in [0.4, 0.5) is 0 Å². The summed E-state index contributed by atoms with van der Waals surface area (Å²) in [7, 11) is 0. The molecule has 1 amide bonds. The van der Waals surface area contributed by atoms with Crippen LogP contribution in [-0.4, -0.2) is 30.5 Å². The Bertz CT molecular complexity index is 639. The number of rotatable bonds is 9. The average molecular weight is 388 g/mol. The summed E-state index contributed by atoms with van der Waals surface area (Å²) in [4.78, 5) is 12.8. The molecule has 154 valence electrons. The molecule has 0 spiro atoms. The number of allylic oxidation sites excluding steroid dienone is 1. The van der Waals surface area contributed by atoms with Gasteiger partial charge in [-0.25, -0.2) is 0 Å². The molecule has 1 fully saturated rings. The molecule has 0 radical (unpaired) electrons. The number of hydrogen-bond acceptors (Lipinski definition) is 4. The van der Waals surface area contributed by atoms with Crippen molar-refractivity contribution in [3.05, 3.63) is 47.7 Å². The standard InChI is InChI=1S/C23H33NO4/c1-2-27-23-19(13-8-14-25)20(18-11-6-7-12-18)15-21(28-23)22(26)24-16-17-9-4-3-5-10-17/h3-5,9-10,15,18-20,23,25H,2,6-8,11-14,16H2,1H3,(H,24,26)/t19-,20-,23-/m1/s1. The van der Waals surface area contributed by atoms with Crippen LogP contribution in [0, 0.1) is 17.8 Å². The van der Waals surface area contributed by atoms with Crippen LogP contribution < -0.4 is 5.32 Å². The van der Waals surface area contributed by atoms with Gasteiger partial charge in [-0.05, 0) is 56.1 Å². The van der Waals surface area contributed by atoms with Crippen molar-refractivity contribution < 1.29 is 19.4 Å². The second-order valence-electron chi connectivity index (χ2n) is 7.79. The Morgan fingerprint density at radius 1 is 1.25 bits per heavy atom. The zero-order valence-corrected chi connectivity index (χ0v) is 16.8. The molecule has 2 aliphatic rings. The average Bonchev–Trinajstić information content (AvgIpc) is 3.26. The Morgan fingerprint density at radius 2 is 2.00 bits per heavy atom. The summed E-state index contributed by atoms with van der Waals surface area (Å²) in [5.74, 6) is 1.20. The molecule has 3 atom stereocenters. The van der Waals surface area contributed by atoms with Crippen LogP contribution in [0.3, 0.4) is 0 Å². The third-order valence-electron chi connectivity index (χ3n) is 5.92. The van der Waals surface area contributed by atoms with Crippen molar-refractivity contribution in [1.29, 1.82) is 0 Å². The van der Waals surface area contributed by atoms with Gasteiger partial charge in [0.2, 0.25) is 6.29 Å². The Hall–Kier alpha value is -1.85. The van der Waals surface area contributed by atoms with Crippen LogP contribution in [0.2, 0.25) is 0 Å². The fourth-order valence-electron chi connectivity index (χ4n) is 4.53. The van der Waals surface area contributed by atoms with E-state index in [4.69, 9.17) is 9.47 Å². The fourth-order valence-corrected chi connectivity index (χ4v) is 4.53. The summed E-state index contributed by atoms with van der Waals surface area (Å²) in [5.41, 5.74) is 1.06. The SMILES string of the molecule is CCO[C@@H]1OC(C(=O)NCc2ccccc2)=C[C@H](C2CCCC2)[C@H]1CCCO. The van der Waals surface area contributed by atoms with Gasteiger partial charge in [-0.15, -0.1) is 0 Å². The first-order valence-corrected chi connectivity index (χ1v) is 10.7. The Balaban J connectivity index is 1.75. The number of carbonyl (C=O) groups is 1. The Morgan fingerprint density at radius 3 is 2.68 bits per heavy atom. The Labute approximate surface area is 168 Å². The van der Waals surface area contributed by atoms with Gasteiger partial charge in [0, 0.05) is 25.7 Å². The quantitative estimate of drug-likeness (QED) is 0.677. The van der Waals surface area contributed by atoms with E-state index in [1.807, 2.05) is 43.3 Å². The number of carbonyl (C=O) groups excluding carboxylic acids is 1. The number of ether oxygens (including phenoxy) is 2. The van der Waals surface area contributed by atoms with Crippen molar-refractivity contribution in [1.82, 2.24) is 5.32 Å². The van der Waals surface area contributed by atoms with Gasteiger partial charge in [0.15, 0.2) is 5.76 Å². The van der Waals surface area contributed by atoms with Gasteiger partial charge in [0.1, 0.15) is 0 Å². The lowest BCUT2D eigenvalue weighted by molar-refractivity contribution is -0.176. The first-order valence-electron chi connectivity index (χ1n) is 10.7. The van der Waals surface area contributed by atoms with Gasteiger partial charge in [-0.3, -0.25) is 4.79 Å². The highest BCUT2D eigenvalue weighted by atomic mass is 16.7. The molecule has 3 rings (SSSR count). The molecule has 0 unspecified atom stereocenters. The largest absolute Gasteiger partial charge is 0.459 e. The van der Waals surface area contributed by atoms with E-state index in [1.54, 1.807) is 0 Å². The molecule has 0 bridgehead atoms. The molecule has 1 aliphatic heterocycles. The van der Waals surface area contributed by atoms with Crippen molar-refractivity contribution in [2.75, 3.05) is 13.2 Å². The van der Waals surface area contributed by atoms with E-state index >= 15 is 0 Å². The van der Waals surface area contributed by atoms with Crippen LogP contribution in [0.25, 0.3) is 0 Å². The van der Waals surface area contributed by atoms with E-state index < -0.39 is 6.29 Å².